The van der Waals surface area contributed by atoms with Gasteiger partial charge in [0, 0.05) is 25.0 Å². The molecule has 0 spiro atoms. The number of nitrogens with zero attached hydrogens (tertiary/aromatic N) is 2. The lowest BCUT2D eigenvalue weighted by Crippen LogP contribution is -2.38. The van der Waals surface area contributed by atoms with E-state index in [2.05, 4.69) is 4.98 Å². The molecule has 128 valence electrons. The lowest BCUT2D eigenvalue weighted by molar-refractivity contribution is 0.0692. The van der Waals surface area contributed by atoms with Crippen molar-refractivity contribution >= 4 is 16.0 Å². The summed E-state index contributed by atoms with van der Waals surface area (Å²) in [7, 11) is -3.95. The number of aromatic nitrogens is 1. The number of carboxylic acid groups (broad SMARTS) is 1. The van der Waals surface area contributed by atoms with E-state index in [1.54, 1.807) is 24.5 Å². The zero-order chi connectivity index (χ0) is 17.7. The first-order valence-electron chi connectivity index (χ1n) is 7.61. The van der Waals surface area contributed by atoms with Gasteiger partial charge in [-0.05, 0) is 43.2 Å². The molecule has 0 aliphatic carbocycles. The number of hydrogen-bond donors (Lipinski definition) is 1. The maximum absolute atomic E-state index is 13.1. The molecule has 1 unspecified atom stereocenters. The Bertz CT molecular complexity index is 806. The van der Waals surface area contributed by atoms with E-state index >= 15 is 0 Å². The zero-order valence-electron chi connectivity index (χ0n) is 13.6. The number of aromatic carboxylic acids is 1. The van der Waals surface area contributed by atoms with Crippen LogP contribution in [0.5, 0.6) is 0 Å². The number of benzene rings is 1. The standard InChI is InChI=1S/C17H20N2O4S/c1-3-13(2)19(12-14-8-10-18-11-9-14)24(22,23)16-7-5-4-6-15(16)17(20)21/h4-11,13H,3,12H2,1-2H3,(H,20,21). The summed E-state index contributed by atoms with van der Waals surface area (Å²) >= 11 is 0. The van der Waals surface area contributed by atoms with Crippen LogP contribution >= 0.6 is 0 Å². The normalized spacial score (nSPS) is 13.0. The molecule has 0 aliphatic rings. The van der Waals surface area contributed by atoms with Crippen LogP contribution in [0, 0.1) is 0 Å². The highest BCUT2D eigenvalue weighted by Crippen LogP contribution is 2.25. The minimum absolute atomic E-state index is 0.161. The summed E-state index contributed by atoms with van der Waals surface area (Å²) in [6, 6.07) is 8.89. The van der Waals surface area contributed by atoms with Gasteiger partial charge in [0.15, 0.2) is 0 Å². The summed E-state index contributed by atoms with van der Waals surface area (Å²) in [4.78, 5) is 15.1. The van der Waals surface area contributed by atoms with E-state index in [1.807, 2.05) is 13.8 Å². The summed E-state index contributed by atoms with van der Waals surface area (Å²) in [5.74, 6) is -1.26. The Kier molecular flexibility index (Phi) is 5.69. The molecule has 1 atom stereocenters. The molecule has 6 nitrogen and oxygen atoms in total. The maximum Gasteiger partial charge on any atom is 0.337 e. The SMILES string of the molecule is CCC(C)N(Cc1ccncc1)S(=O)(=O)c1ccccc1C(=O)O. The van der Waals surface area contributed by atoms with Crippen molar-refractivity contribution in [3.8, 4) is 0 Å². The number of carboxylic acids is 1. The van der Waals surface area contributed by atoms with E-state index in [0.29, 0.717) is 6.42 Å². The van der Waals surface area contributed by atoms with E-state index < -0.39 is 16.0 Å². The average Bonchev–Trinajstić information content (AvgIpc) is 2.59. The fourth-order valence-corrected chi connectivity index (χ4v) is 4.22. The molecular weight excluding hydrogens is 328 g/mol. The fraction of sp³-hybridized carbons (Fsp3) is 0.294. The third-order valence-electron chi connectivity index (χ3n) is 3.87. The quantitative estimate of drug-likeness (QED) is 0.831. The molecule has 0 amide bonds. The van der Waals surface area contributed by atoms with E-state index in [9.17, 15) is 18.3 Å². The van der Waals surface area contributed by atoms with Gasteiger partial charge in [-0.15, -0.1) is 0 Å². The zero-order valence-corrected chi connectivity index (χ0v) is 14.4. The van der Waals surface area contributed by atoms with Gasteiger partial charge in [-0.3, -0.25) is 4.98 Å². The summed E-state index contributed by atoms with van der Waals surface area (Å²) in [6.07, 6.45) is 3.81. The van der Waals surface area contributed by atoms with Gasteiger partial charge in [-0.25, -0.2) is 13.2 Å². The molecule has 0 aliphatic heterocycles. The molecule has 1 heterocycles. The Morgan fingerprint density at radius 3 is 2.42 bits per heavy atom. The van der Waals surface area contributed by atoms with Crippen molar-refractivity contribution in [3.63, 3.8) is 0 Å². The third kappa shape index (κ3) is 3.80. The Morgan fingerprint density at radius 1 is 1.21 bits per heavy atom. The second kappa shape index (κ2) is 7.55. The summed E-state index contributed by atoms with van der Waals surface area (Å²) in [5.41, 5.74) is 0.571. The van der Waals surface area contributed by atoms with Gasteiger partial charge < -0.3 is 5.11 Å². The Labute approximate surface area is 141 Å². The largest absolute Gasteiger partial charge is 0.478 e. The van der Waals surface area contributed by atoms with E-state index in [4.69, 9.17) is 0 Å². The summed E-state index contributed by atoms with van der Waals surface area (Å²) in [6.45, 7) is 3.86. The molecule has 0 saturated carbocycles. The minimum atomic E-state index is -3.95. The first-order valence-corrected chi connectivity index (χ1v) is 9.05. The van der Waals surface area contributed by atoms with Crippen molar-refractivity contribution < 1.29 is 18.3 Å². The van der Waals surface area contributed by atoms with Crippen LogP contribution in [-0.2, 0) is 16.6 Å². The van der Waals surface area contributed by atoms with Gasteiger partial charge in [0.05, 0.1) is 10.5 Å². The highest BCUT2D eigenvalue weighted by Gasteiger charge is 2.31. The molecule has 0 fully saturated rings. The minimum Gasteiger partial charge on any atom is -0.478 e. The van der Waals surface area contributed by atoms with Crippen LogP contribution in [0.1, 0.15) is 36.2 Å². The number of hydrogen-bond acceptors (Lipinski definition) is 4. The van der Waals surface area contributed by atoms with Crippen molar-refractivity contribution in [3.05, 3.63) is 59.9 Å². The van der Waals surface area contributed by atoms with Gasteiger partial charge in [-0.2, -0.15) is 4.31 Å². The van der Waals surface area contributed by atoms with E-state index in [0.717, 1.165) is 5.56 Å². The average molecular weight is 348 g/mol. The summed E-state index contributed by atoms with van der Waals surface area (Å²) in [5, 5.41) is 9.31. The monoisotopic (exact) mass is 348 g/mol. The van der Waals surface area contributed by atoms with Crippen molar-refractivity contribution in [2.75, 3.05) is 0 Å². The number of carbonyl (C=O) groups is 1. The van der Waals surface area contributed by atoms with Crippen LogP contribution in [0.15, 0.2) is 53.7 Å². The maximum atomic E-state index is 13.1. The van der Waals surface area contributed by atoms with E-state index in [-0.39, 0.29) is 23.0 Å². The highest BCUT2D eigenvalue weighted by molar-refractivity contribution is 7.89. The van der Waals surface area contributed by atoms with Gasteiger partial charge in [0.1, 0.15) is 0 Å². The van der Waals surface area contributed by atoms with Crippen LogP contribution in [0.3, 0.4) is 0 Å². The molecule has 0 radical (unpaired) electrons. The predicted molar refractivity (Wildman–Crippen MR) is 90.1 cm³/mol. The second-order valence-electron chi connectivity index (χ2n) is 5.46. The number of pyridine rings is 1. The van der Waals surface area contributed by atoms with Gasteiger partial charge in [-0.1, -0.05) is 19.1 Å². The van der Waals surface area contributed by atoms with Crippen LogP contribution in [0.4, 0.5) is 0 Å². The van der Waals surface area contributed by atoms with E-state index in [1.165, 1.54) is 28.6 Å². The second-order valence-corrected chi connectivity index (χ2v) is 7.32. The van der Waals surface area contributed by atoms with Crippen LogP contribution < -0.4 is 0 Å². The topological polar surface area (TPSA) is 87.6 Å². The number of rotatable bonds is 7. The van der Waals surface area contributed by atoms with Crippen LogP contribution in [-0.4, -0.2) is 34.8 Å². The van der Waals surface area contributed by atoms with Crippen LogP contribution in [0.2, 0.25) is 0 Å². The number of sulfonamides is 1. The predicted octanol–water partition coefficient (Wildman–Crippen LogP) is 2.77. The van der Waals surface area contributed by atoms with Crippen molar-refractivity contribution in [1.29, 1.82) is 0 Å². The van der Waals surface area contributed by atoms with Gasteiger partial charge in [0.2, 0.25) is 10.0 Å². The summed E-state index contributed by atoms with van der Waals surface area (Å²) < 4.78 is 27.6. The molecule has 7 heteroatoms. The van der Waals surface area contributed by atoms with Crippen molar-refractivity contribution in [1.82, 2.24) is 9.29 Å². The first-order chi connectivity index (χ1) is 11.4. The van der Waals surface area contributed by atoms with Crippen LogP contribution in [0.25, 0.3) is 0 Å². The molecule has 1 N–H and O–H groups in total. The highest BCUT2D eigenvalue weighted by atomic mass is 32.2. The molecular formula is C17H20N2O4S. The first kappa shape index (κ1) is 18.1. The molecule has 1 aromatic carbocycles. The Morgan fingerprint density at radius 2 is 1.83 bits per heavy atom. The molecule has 24 heavy (non-hydrogen) atoms. The molecule has 0 bridgehead atoms. The van der Waals surface area contributed by atoms with Gasteiger partial charge in [0.25, 0.3) is 0 Å². The molecule has 2 rings (SSSR count). The van der Waals surface area contributed by atoms with Crippen molar-refractivity contribution in [2.24, 2.45) is 0 Å². The lowest BCUT2D eigenvalue weighted by atomic mass is 10.2. The Hall–Kier alpha value is -2.25. The fourth-order valence-electron chi connectivity index (χ4n) is 2.34. The Balaban J connectivity index is 2.51. The smallest absolute Gasteiger partial charge is 0.337 e. The van der Waals surface area contributed by atoms with Crippen molar-refractivity contribution in [2.45, 2.75) is 37.8 Å². The molecule has 1 aromatic heterocycles. The lowest BCUT2D eigenvalue weighted by Gasteiger charge is -2.28. The third-order valence-corrected chi connectivity index (χ3v) is 5.89. The van der Waals surface area contributed by atoms with Gasteiger partial charge >= 0.3 is 5.97 Å². The molecule has 0 saturated heterocycles. The molecule has 2 aromatic rings.